The van der Waals surface area contributed by atoms with Crippen molar-refractivity contribution in [1.82, 2.24) is 9.55 Å². The largest absolute Gasteiger partial charge is 0.477 e. The lowest BCUT2D eigenvalue weighted by molar-refractivity contribution is -0.117. The zero-order valence-corrected chi connectivity index (χ0v) is 22.6. The topological polar surface area (TPSA) is 78.3 Å². The Morgan fingerprint density at radius 2 is 1.61 bits per heavy atom. The Morgan fingerprint density at radius 3 is 2.24 bits per heavy atom. The van der Waals surface area contributed by atoms with Gasteiger partial charge >= 0.3 is 0 Å². The molecule has 0 aliphatic carbocycles. The molecule has 0 saturated carbocycles. The SMILES string of the molecule is CCn1c(C(C)(C)Oc2ccc(CC(=O)Cc3ccc(S(=O)(=O)CC)cc3)cc2F)nc2cc(F)ccc21. The first-order valence-electron chi connectivity index (χ1n) is 12.4. The number of hydrogen-bond donors (Lipinski definition) is 0. The van der Waals surface area contributed by atoms with Gasteiger partial charge in [-0.05, 0) is 68.3 Å². The molecule has 0 N–H and O–H groups in total. The van der Waals surface area contributed by atoms with Crippen molar-refractivity contribution < 1.29 is 26.7 Å². The summed E-state index contributed by atoms with van der Waals surface area (Å²) >= 11 is 0. The predicted octanol–water partition coefficient (Wildman–Crippen LogP) is 5.80. The van der Waals surface area contributed by atoms with Gasteiger partial charge < -0.3 is 9.30 Å². The van der Waals surface area contributed by atoms with Crippen LogP contribution in [0.1, 0.15) is 44.6 Å². The van der Waals surface area contributed by atoms with E-state index in [4.69, 9.17) is 4.74 Å². The molecule has 9 heteroatoms. The number of benzene rings is 3. The molecule has 0 aliphatic heterocycles. The van der Waals surface area contributed by atoms with Crippen LogP contribution in [0.2, 0.25) is 0 Å². The van der Waals surface area contributed by atoms with Crippen molar-refractivity contribution in [3.8, 4) is 5.75 Å². The van der Waals surface area contributed by atoms with Crippen LogP contribution < -0.4 is 4.74 Å². The van der Waals surface area contributed by atoms with Crippen molar-refractivity contribution in [1.29, 1.82) is 0 Å². The number of sulfone groups is 1. The second-order valence-electron chi connectivity index (χ2n) is 9.63. The van der Waals surface area contributed by atoms with Crippen LogP contribution in [-0.2, 0) is 39.6 Å². The number of rotatable bonds is 10. The third-order valence-corrected chi connectivity index (χ3v) is 8.14. The van der Waals surface area contributed by atoms with Crippen LogP contribution in [-0.4, -0.2) is 29.5 Å². The van der Waals surface area contributed by atoms with Gasteiger partial charge in [0, 0.05) is 25.5 Å². The van der Waals surface area contributed by atoms with Crippen molar-refractivity contribution in [2.24, 2.45) is 0 Å². The highest BCUT2D eigenvalue weighted by molar-refractivity contribution is 7.91. The molecule has 0 radical (unpaired) electrons. The first-order chi connectivity index (χ1) is 17.9. The summed E-state index contributed by atoms with van der Waals surface area (Å²) in [5, 5.41) is 0. The lowest BCUT2D eigenvalue weighted by atomic mass is 10.0. The Bertz CT molecular complexity index is 1590. The molecule has 6 nitrogen and oxygen atoms in total. The molecular weight excluding hydrogens is 510 g/mol. The fraction of sp³-hybridized carbons (Fsp3) is 0.310. The lowest BCUT2D eigenvalue weighted by Crippen LogP contribution is -2.30. The monoisotopic (exact) mass is 540 g/mol. The number of aromatic nitrogens is 2. The maximum Gasteiger partial charge on any atom is 0.178 e. The fourth-order valence-corrected chi connectivity index (χ4v) is 5.32. The first-order valence-corrected chi connectivity index (χ1v) is 14.1. The van der Waals surface area contributed by atoms with Crippen LogP contribution in [0.3, 0.4) is 0 Å². The third kappa shape index (κ3) is 5.78. The number of ether oxygens (including phenoxy) is 1. The van der Waals surface area contributed by atoms with Gasteiger partial charge in [-0.15, -0.1) is 0 Å². The Hall–Kier alpha value is -3.59. The lowest BCUT2D eigenvalue weighted by Gasteiger charge is -2.27. The van der Waals surface area contributed by atoms with Gasteiger partial charge in [-0.1, -0.05) is 25.1 Å². The summed E-state index contributed by atoms with van der Waals surface area (Å²) in [5.41, 5.74) is 1.41. The van der Waals surface area contributed by atoms with Gasteiger partial charge in [-0.2, -0.15) is 0 Å². The van der Waals surface area contributed by atoms with E-state index in [0.717, 1.165) is 5.52 Å². The molecule has 0 saturated heterocycles. The molecular formula is C29H30F2N2O4S. The van der Waals surface area contributed by atoms with Gasteiger partial charge in [-0.25, -0.2) is 22.2 Å². The van der Waals surface area contributed by atoms with E-state index in [-0.39, 0.29) is 40.8 Å². The summed E-state index contributed by atoms with van der Waals surface area (Å²) in [4.78, 5) is 17.4. The predicted molar refractivity (Wildman–Crippen MR) is 142 cm³/mol. The molecule has 0 bridgehead atoms. The summed E-state index contributed by atoms with van der Waals surface area (Å²) < 4.78 is 60.6. The Morgan fingerprint density at radius 1 is 0.947 bits per heavy atom. The van der Waals surface area contributed by atoms with Gasteiger partial charge in [0.1, 0.15) is 11.6 Å². The van der Waals surface area contributed by atoms with Crippen LogP contribution in [0.4, 0.5) is 8.78 Å². The summed E-state index contributed by atoms with van der Waals surface area (Å²) in [6.07, 6.45) is 0.125. The van der Waals surface area contributed by atoms with Gasteiger partial charge in [0.05, 0.1) is 21.7 Å². The second kappa shape index (κ2) is 10.6. The fourth-order valence-electron chi connectivity index (χ4n) is 4.44. The minimum absolute atomic E-state index is 0.00629. The molecule has 200 valence electrons. The summed E-state index contributed by atoms with van der Waals surface area (Å²) in [5.74, 6) is -0.569. The molecule has 0 fully saturated rings. The smallest absolute Gasteiger partial charge is 0.178 e. The Kier molecular flexibility index (Phi) is 7.69. The van der Waals surface area contributed by atoms with Crippen molar-refractivity contribution in [3.05, 3.63) is 89.2 Å². The van der Waals surface area contributed by atoms with E-state index < -0.39 is 21.3 Å². The molecule has 1 aromatic heterocycles. The number of imidazole rings is 1. The van der Waals surface area contributed by atoms with Crippen molar-refractivity contribution >= 4 is 26.7 Å². The number of carbonyl (C=O) groups is 1. The van der Waals surface area contributed by atoms with Gasteiger partial charge in [-0.3, -0.25) is 4.79 Å². The minimum Gasteiger partial charge on any atom is -0.477 e. The number of fused-ring (bicyclic) bond motifs is 1. The molecule has 3 aromatic carbocycles. The number of nitrogens with zero attached hydrogens (tertiary/aromatic N) is 2. The number of carbonyl (C=O) groups excluding carboxylic acids is 1. The van der Waals surface area contributed by atoms with Crippen molar-refractivity contribution in [2.45, 2.75) is 57.6 Å². The van der Waals surface area contributed by atoms with Crippen LogP contribution in [0.5, 0.6) is 5.75 Å². The standard InChI is InChI=1S/C29H30F2N2O4S/c1-5-33-26-13-10-21(30)18-25(26)32-28(33)29(3,4)37-27-14-9-20(17-24(27)31)16-22(34)15-19-7-11-23(12-8-19)38(35,36)6-2/h7-14,17-18H,5-6,15-16H2,1-4H3. The first kappa shape index (κ1) is 27.4. The minimum atomic E-state index is -3.30. The van der Waals surface area contributed by atoms with Crippen molar-refractivity contribution in [3.63, 3.8) is 0 Å². The molecule has 38 heavy (non-hydrogen) atoms. The van der Waals surface area contributed by atoms with E-state index in [2.05, 4.69) is 4.98 Å². The summed E-state index contributed by atoms with van der Waals surface area (Å²) in [7, 11) is -3.30. The second-order valence-corrected chi connectivity index (χ2v) is 11.9. The highest BCUT2D eigenvalue weighted by Crippen LogP contribution is 2.32. The van der Waals surface area contributed by atoms with E-state index >= 15 is 4.39 Å². The van der Waals surface area contributed by atoms with Crippen LogP contribution in [0.25, 0.3) is 11.0 Å². The maximum absolute atomic E-state index is 15.0. The average Bonchev–Trinajstić information content (AvgIpc) is 3.24. The molecule has 0 atom stereocenters. The maximum atomic E-state index is 15.0. The van der Waals surface area contributed by atoms with Crippen LogP contribution in [0, 0.1) is 11.6 Å². The molecule has 4 aromatic rings. The normalized spacial score (nSPS) is 12.2. The van der Waals surface area contributed by atoms with E-state index in [1.54, 1.807) is 45.0 Å². The quantitative estimate of drug-likeness (QED) is 0.254. The zero-order chi connectivity index (χ0) is 27.7. The van der Waals surface area contributed by atoms with E-state index in [0.29, 0.717) is 29.0 Å². The van der Waals surface area contributed by atoms with Gasteiger partial charge in [0.25, 0.3) is 0 Å². The number of aryl methyl sites for hydroxylation is 1. The molecule has 1 heterocycles. The van der Waals surface area contributed by atoms with E-state index in [9.17, 15) is 17.6 Å². The molecule has 4 rings (SSSR count). The third-order valence-electron chi connectivity index (χ3n) is 6.39. The number of ketones is 1. The number of hydrogen-bond acceptors (Lipinski definition) is 5. The highest BCUT2D eigenvalue weighted by atomic mass is 32.2. The average molecular weight is 541 g/mol. The molecule has 0 spiro atoms. The van der Waals surface area contributed by atoms with Crippen LogP contribution >= 0.6 is 0 Å². The van der Waals surface area contributed by atoms with Crippen LogP contribution in [0.15, 0.2) is 65.6 Å². The number of halogens is 2. The summed E-state index contributed by atoms with van der Waals surface area (Å²) in [6.45, 7) is 7.63. The van der Waals surface area contributed by atoms with Gasteiger partial charge in [0.2, 0.25) is 0 Å². The molecule has 0 unspecified atom stereocenters. The number of Topliss-reactive ketones (excluding diaryl/α,β-unsaturated/α-hetero) is 1. The highest BCUT2D eigenvalue weighted by Gasteiger charge is 2.31. The molecule has 0 amide bonds. The molecule has 0 aliphatic rings. The summed E-state index contributed by atoms with van der Waals surface area (Å²) in [6, 6.07) is 15.0. The van der Waals surface area contributed by atoms with Crippen molar-refractivity contribution in [2.75, 3.05) is 5.75 Å². The zero-order valence-electron chi connectivity index (χ0n) is 21.8. The van der Waals surface area contributed by atoms with Gasteiger partial charge in [0.15, 0.2) is 32.8 Å². The Labute approximate surface area is 221 Å². The van der Waals surface area contributed by atoms with E-state index in [1.807, 2.05) is 11.5 Å². The Balaban J connectivity index is 1.47. The van der Waals surface area contributed by atoms with E-state index in [1.165, 1.54) is 36.4 Å².